The maximum atomic E-state index is 14.0. The van der Waals surface area contributed by atoms with Crippen LogP contribution in [0.3, 0.4) is 0 Å². The zero-order valence-electron chi connectivity index (χ0n) is 17.5. The van der Waals surface area contributed by atoms with Gasteiger partial charge in [0, 0.05) is 43.4 Å². The van der Waals surface area contributed by atoms with Crippen molar-refractivity contribution in [1.29, 1.82) is 0 Å². The number of carbonyl (C=O) groups is 1. The summed E-state index contributed by atoms with van der Waals surface area (Å²) in [6.07, 6.45) is 5.27. The second kappa shape index (κ2) is 10.6. The number of hydrogen-bond donors (Lipinski definition) is 1. The topological polar surface area (TPSA) is 44.8 Å². The Bertz CT molecular complexity index is 674. The minimum Gasteiger partial charge on any atom is -0.381 e. The van der Waals surface area contributed by atoms with Crippen LogP contribution in [0, 0.1) is 11.7 Å². The Kier molecular flexibility index (Phi) is 8.16. The van der Waals surface area contributed by atoms with Gasteiger partial charge in [0.2, 0.25) is 0 Å². The molecule has 0 bridgehead atoms. The van der Waals surface area contributed by atoms with E-state index in [0.29, 0.717) is 36.1 Å². The lowest BCUT2D eigenvalue weighted by molar-refractivity contribution is 0.00321. The van der Waals surface area contributed by atoms with Gasteiger partial charge in [-0.3, -0.25) is 4.90 Å². The molecule has 1 aromatic rings. The molecule has 0 atom stereocenters. The van der Waals surface area contributed by atoms with Gasteiger partial charge in [-0.05, 0) is 62.8 Å². The number of urea groups is 1. The molecular formula is C22H33ClFN3O2. The molecule has 0 aromatic heterocycles. The molecule has 1 aromatic carbocycles. The monoisotopic (exact) mass is 425 g/mol. The highest BCUT2D eigenvalue weighted by atomic mass is 35.5. The Morgan fingerprint density at radius 2 is 1.90 bits per heavy atom. The van der Waals surface area contributed by atoms with Gasteiger partial charge in [0.15, 0.2) is 0 Å². The number of halogens is 2. The van der Waals surface area contributed by atoms with E-state index < -0.39 is 5.82 Å². The summed E-state index contributed by atoms with van der Waals surface area (Å²) in [7, 11) is 0. The molecule has 5 nitrogen and oxygen atoms in total. The number of piperidine rings is 1. The van der Waals surface area contributed by atoms with Gasteiger partial charge in [-0.25, -0.2) is 9.18 Å². The summed E-state index contributed by atoms with van der Waals surface area (Å²) >= 11 is 5.78. The number of rotatable bonds is 6. The smallest absolute Gasteiger partial charge is 0.321 e. The average Bonchev–Trinajstić information content (AvgIpc) is 2.71. The third-order valence-corrected chi connectivity index (χ3v) is 6.25. The number of benzene rings is 1. The fourth-order valence-electron chi connectivity index (χ4n) is 4.27. The highest BCUT2D eigenvalue weighted by molar-refractivity contribution is 6.30. The maximum absolute atomic E-state index is 14.0. The minimum atomic E-state index is -0.514. The van der Waals surface area contributed by atoms with Gasteiger partial charge in [-0.2, -0.15) is 0 Å². The Labute approximate surface area is 178 Å². The third kappa shape index (κ3) is 6.30. The molecule has 2 saturated heterocycles. The van der Waals surface area contributed by atoms with E-state index in [1.807, 2.05) is 0 Å². The van der Waals surface area contributed by atoms with Crippen LogP contribution in [0.15, 0.2) is 18.2 Å². The van der Waals surface area contributed by atoms with E-state index in [-0.39, 0.29) is 11.7 Å². The van der Waals surface area contributed by atoms with Crippen LogP contribution in [0.5, 0.6) is 0 Å². The van der Waals surface area contributed by atoms with E-state index in [2.05, 4.69) is 24.1 Å². The number of amides is 2. The number of likely N-dealkylation sites (tertiary alicyclic amines) is 1. The number of hydrogen-bond acceptors (Lipinski definition) is 3. The number of ether oxygens (including phenoxy) is 1. The Balaban J connectivity index is 1.55. The standard InChI is InChI=1S/C22H33ClFN3O2/c1-16(2)5-12-27(19-8-13-29-14-9-19)18-6-10-26(11-7-18)22(28)25-21-4-3-17(23)15-20(21)24/h3-4,15-16,18-19H,5-14H2,1-2H3,(H,25,28). The van der Waals surface area contributed by atoms with Crippen molar-refractivity contribution in [3.8, 4) is 0 Å². The SMILES string of the molecule is CC(C)CCN(C1CCOCC1)C1CCN(C(=O)Nc2ccc(Cl)cc2F)CC1. The minimum absolute atomic E-state index is 0.169. The van der Waals surface area contributed by atoms with Crippen molar-refractivity contribution in [3.63, 3.8) is 0 Å². The van der Waals surface area contributed by atoms with E-state index >= 15 is 0 Å². The van der Waals surface area contributed by atoms with Crippen LogP contribution in [0.25, 0.3) is 0 Å². The van der Waals surface area contributed by atoms with Crippen LogP contribution in [-0.4, -0.2) is 60.8 Å². The van der Waals surface area contributed by atoms with Crippen LogP contribution in [-0.2, 0) is 4.74 Å². The number of anilines is 1. The number of nitrogens with zero attached hydrogens (tertiary/aromatic N) is 2. The first-order valence-corrected chi connectivity index (χ1v) is 11.2. The van der Waals surface area contributed by atoms with Gasteiger partial charge in [0.1, 0.15) is 5.82 Å². The predicted octanol–water partition coefficient (Wildman–Crippen LogP) is 5.00. The van der Waals surface area contributed by atoms with Crippen molar-refractivity contribution in [1.82, 2.24) is 9.80 Å². The molecule has 0 saturated carbocycles. The molecule has 1 N–H and O–H groups in total. The summed E-state index contributed by atoms with van der Waals surface area (Å²) in [4.78, 5) is 17.0. The van der Waals surface area contributed by atoms with E-state index in [0.717, 1.165) is 45.4 Å². The zero-order valence-corrected chi connectivity index (χ0v) is 18.3. The average molecular weight is 426 g/mol. The van der Waals surface area contributed by atoms with Crippen molar-refractivity contribution < 1.29 is 13.9 Å². The van der Waals surface area contributed by atoms with Gasteiger partial charge >= 0.3 is 6.03 Å². The first-order chi connectivity index (χ1) is 13.9. The van der Waals surface area contributed by atoms with Gasteiger partial charge in [-0.15, -0.1) is 0 Å². The molecule has 162 valence electrons. The van der Waals surface area contributed by atoms with Gasteiger partial charge in [0.05, 0.1) is 5.69 Å². The van der Waals surface area contributed by atoms with Crippen molar-refractivity contribution in [2.75, 3.05) is 38.2 Å². The molecule has 0 unspecified atom stereocenters. The van der Waals surface area contributed by atoms with Crippen LogP contribution in [0.2, 0.25) is 5.02 Å². The predicted molar refractivity (Wildman–Crippen MR) is 115 cm³/mol. The van der Waals surface area contributed by atoms with Crippen LogP contribution >= 0.6 is 11.6 Å². The lowest BCUT2D eigenvalue weighted by Gasteiger charge is -2.44. The molecule has 0 aliphatic carbocycles. The largest absolute Gasteiger partial charge is 0.381 e. The van der Waals surface area contributed by atoms with E-state index in [9.17, 15) is 9.18 Å². The fraction of sp³-hybridized carbons (Fsp3) is 0.682. The van der Waals surface area contributed by atoms with Crippen LogP contribution < -0.4 is 5.32 Å². The Morgan fingerprint density at radius 3 is 2.52 bits per heavy atom. The first kappa shape index (κ1) is 22.3. The summed E-state index contributed by atoms with van der Waals surface area (Å²) < 4.78 is 19.5. The molecule has 29 heavy (non-hydrogen) atoms. The molecule has 3 rings (SSSR count). The lowest BCUT2D eigenvalue weighted by Crippen LogP contribution is -2.52. The maximum Gasteiger partial charge on any atom is 0.321 e. The van der Waals surface area contributed by atoms with Crippen molar-refractivity contribution >= 4 is 23.3 Å². The second-order valence-corrected chi connectivity index (χ2v) is 8.97. The lowest BCUT2D eigenvalue weighted by atomic mass is 9.96. The first-order valence-electron chi connectivity index (χ1n) is 10.8. The quantitative estimate of drug-likeness (QED) is 0.697. The molecule has 2 heterocycles. The second-order valence-electron chi connectivity index (χ2n) is 8.54. The van der Waals surface area contributed by atoms with Crippen LogP contribution in [0.4, 0.5) is 14.9 Å². The molecule has 2 amide bonds. The van der Waals surface area contributed by atoms with Crippen molar-refractivity contribution in [3.05, 3.63) is 29.0 Å². The molecular weight excluding hydrogens is 393 g/mol. The van der Waals surface area contributed by atoms with Gasteiger partial charge < -0.3 is 15.0 Å². The normalized spacial score (nSPS) is 19.2. The highest BCUT2D eigenvalue weighted by Crippen LogP contribution is 2.26. The van der Waals surface area contributed by atoms with Crippen molar-refractivity contribution in [2.24, 2.45) is 5.92 Å². The summed E-state index contributed by atoms with van der Waals surface area (Å²) in [6.45, 7) is 8.71. The fourth-order valence-corrected chi connectivity index (χ4v) is 4.43. The van der Waals surface area contributed by atoms with E-state index in [1.54, 1.807) is 11.0 Å². The highest BCUT2D eigenvalue weighted by Gasteiger charge is 2.32. The molecule has 0 spiro atoms. The van der Waals surface area contributed by atoms with Gasteiger partial charge in [0.25, 0.3) is 0 Å². The summed E-state index contributed by atoms with van der Waals surface area (Å²) in [5.74, 6) is 0.164. The summed E-state index contributed by atoms with van der Waals surface area (Å²) in [5, 5.41) is 2.99. The Morgan fingerprint density at radius 1 is 1.24 bits per heavy atom. The van der Waals surface area contributed by atoms with E-state index in [1.165, 1.54) is 18.6 Å². The zero-order chi connectivity index (χ0) is 20.8. The van der Waals surface area contributed by atoms with E-state index in [4.69, 9.17) is 16.3 Å². The summed E-state index contributed by atoms with van der Waals surface area (Å²) in [5.41, 5.74) is 0.169. The Hall–Kier alpha value is -1.37. The van der Waals surface area contributed by atoms with Crippen molar-refractivity contribution in [2.45, 2.75) is 58.0 Å². The molecule has 7 heteroatoms. The van der Waals surface area contributed by atoms with Crippen LogP contribution in [0.1, 0.15) is 46.0 Å². The third-order valence-electron chi connectivity index (χ3n) is 6.02. The summed E-state index contributed by atoms with van der Waals surface area (Å²) in [6, 6.07) is 5.12. The van der Waals surface area contributed by atoms with Gasteiger partial charge in [-0.1, -0.05) is 25.4 Å². The molecule has 2 aliphatic rings. The number of carbonyl (C=O) groups excluding carboxylic acids is 1. The molecule has 0 radical (unpaired) electrons. The molecule has 2 aliphatic heterocycles. The number of nitrogens with one attached hydrogen (secondary N) is 1. The molecule has 2 fully saturated rings.